The van der Waals surface area contributed by atoms with Crippen LogP contribution in [0.15, 0.2) is 42.5 Å². The lowest BCUT2D eigenvalue weighted by Crippen LogP contribution is -2.41. The first-order valence-electron chi connectivity index (χ1n) is 16.8. The molecule has 51 heavy (non-hydrogen) atoms. The highest BCUT2D eigenvalue weighted by Gasteiger charge is 2.20. The van der Waals surface area contributed by atoms with Gasteiger partial charge in [-0.15, -0.1) is 0 Å². The van der Waals surface area contributed by atoms with E-state index in [-0.39, 0.29) is 62.5 Å². The van der Waals surface area contributed by atoms with Gasteiger partial charge in [-0.3, -0.25) is 20.4 Å². The highest BCUT2D eigenvalue weighted by atomic mass is 16.6. The number of hydrogen-bond acceptors (Lipinski definition) is 14. The minimum absolute atomic E-state index is 0.130. The van der Waals surface area contributed by atoms with Gasteiger partial charge in [-0.2, -0.15) is 0 Å². The van der Waals surface area contributed by atoms with Gasteiger partial charge in [0, 0.05) is 32.5 Å². The molecule has 0 atom stereocenters. The number of amides is 2. The van der Waals surface area contributed by atoms with Crippen molar-refractivity contribution in [1.29, 1.82) is 0 Å². The lowest BCUT2D eigenvalue weighted by atomic mass is 10.1. The number of hydrogen-bond donors (Lipinski definition) is 2. The van der Waals surface area contributed by atoms with E-state index in [9.17, 15) is 9.59 Å². The Bertz CT molecular complexity index is 1130. The number of benzene rings is 2. The summed E-state index contributed by atoms with van der Waals surface area (Å²) in [5.41, 5.74) is 5.39. The van der Waals surface area contributed by atoms with Gasteiger partial charge in [-0.25, -0.2) is 0 Å². The van der Waals surface area contributed by atoms with Crippen LogP contribution in [0.1, 0.15) is 20.7 Å². The molecule has 0 spiro atoms. The molecular weight excluding hydrogens is 672 g/mol. The molecule has 2 N–H and O–H groups in total. The Morgan fingerprint density at radius 3 is 1.16 bits per heavy atom. The molecule has 0 saturated carbocycles. The van der Waals surface area contributed by atoms with E-state index in [1.165, 1.54) is 12.1 Å². The number of carbonyl (C=O) groups is 2. The van der Waals surface area contributed by atoms with Crippen LogP contribution < -0.4 is 25.1 Å². The Hall–Kier alpha value is -3.58. The number of hydrazine groups is 1. The van der Waals surface area contributed by atoms with E-state index in [0.717, 1.165) is 0 Å². The maximum atomic E-state index is 13.3. The molecule has 2 aromatic carbocycles. The third-order valence-electron chi connectivity index (χ3n) is 6.46. The molecule has 0 bridgehead atoms. The van der Waals surface area contributed by atoms with Crippen molar-refractivity contribution < 1.29 is 66.4 Å². The predicted molar refractivity (Wildman–Crippen MR) is 185 cm³/mol. The van der Waals surface area contributed by atoms with Crippen molar-refractivity contribution in [1.82, 2.24) is 10.9 Å². The summed E-state index contributed by atoms with van der Waals surface area (Å²) >= 11 is 0. The normalized spacial score (nSPS) is 11.0. The zero-order chi connectivity index (χ0) is 36.6. The van der Waals surface area contributed by atoms with Crippen molar-refractivity contribution >= 4 is 11.8 Å². The van der Waals surface area contributed by atoms with E-state index in [1.54, 1.807) is 51.7 Å². The second-order valence-electron chi connectivity index (χ2n) is 10.3. The summed E-state index contributed by atoms with van der Waals surface area (Å²) < 4.78 is 66.2. The predicted octanol–water partition coefficient (Wildman–Crippen LogP) is 1.94. The molecule has 16 nitrogen and oxygen atoms in total. The van der Waals surface area contributed by atoms with E-state index < -0.39 is 11.8 Å². The number of nitrogens with one attached hydrogen (secondary N) is 2. The summed E-state index contributed by atoms with van der Waals surface area (Å²) in [6, 6.07) is 11.5. The largest absolute Gasteiger partial charge is 0.487 e. The van der Waals surface area contributed by atoms with Crippen molar-refractivity contribution in [2.24, 2.45) is 0 Å². The Balaban J connectivity index is 2.12. The average Bonchev–Trinajstić information content (AvgIpc) is 3.15. The van der Waals surface area contributed by atoms with Gasteiger partial charge >= 0.3 is 0 Å². The Kier molecular flexibility index (Phi) is 25.7. The minimum Gasteiger partial charge on any atom is -0.487 e. The van der Waals surface area contributed by atoms with Gasteiger partial charge < -0.3 is 56.8 Å². The average molecular weight is 727 g/mol. The highest BCUT2D eigenvalue weighted by molar-refractivity contribution is 5.99. The zero-order valence-electron chi connectivity index (χ0n) is 30.0. The summed E-state index contributed by atoms with van der Waals surface area (Å²) in [7, 11) is 4.82. The van der Waals surface area contributed by atoms with Gasteiger partial charge in [0.05, 0.1) is 99.1 Å². The van der Waals surface area contributed by atoms with Crippen molar-refractivity contribution in [2.75, 3.05) is 140 Å². The van der Waals surface area contributed by atoms with Gasteiger partial charge in [0.2, 0.25) is 5.75 Å². The monoisotopic (exact) mass is 726 g/mol. The molecular formula is C35H54N2O14. The summed E-state index contributed by atoms with van der Waals surface area (Å²) in [6.07, 6.45) is 0. The minimum atomic E-state index is -0.605. The van der Waals surface area contributed by atoms with Crippen LogP contribution >= 0.6 is 0 Å². The molecule has 0 aliphatic heterocycles. The lowest BCUT2D eigenvalue weighted by molar-refractivity contribution is 0.0146. The van der Waals surface area contributed by atoms with Crippen molar-refractivity contribution in [3.05, 3.63) is 53.6 Å². The van der Waals surface area contributed by atoms with Crippen LogP contribution in [-0.4, -0.2) is 152 Å². The van der Waals surface area contributed by atoms with Crippen LogP contribution in [0.3, 0.4) is 0 Å². The Morgan fingerprint density at radius 1 is 0.431 bits per heavy atom. The number of carbonyl (C=O) groups excluding carboxylic acids is 2. The molecule has 0 unspecified atom stereocenters. The third kappa shape index (κ3) is 20.8. The molecule has 288 valence electrons. The quantitative estimate of drug-likeness (QED) is 0.0829. The molecule has 16 heteroatoms. The number of ether oxygens (including phenoxy) is 12. The molecule has 0 aromatic heterocycles. The van der Waals surface area contributed by atoms with Gasteiger partial charge in [-0.05, 0) is 24.3 Å². The Labute approximate surface area is 300 Å². The van der Waals surface area contributed by atoms with E-state index in [2.05, 4.69) is 10.9 Å². The van der Waals surface area contributed by atoms with Crippen molar-refractivity contribution in [3.63, 3.8) is 0 Å². The maximum Gasteiger partial charge on any atom is 0.269 e. The molecule has 2 rings (SSSR count). The van der Waals surface area contributed by atoms with Gasteiger partial charge in [0.15, 0.2) is 11.5 Å². The molecule has 2 amide bonds. The SMILES string of the molecule is COCCOCCOCCOc1cc(C(=O)NNC(=O)c2ccccc2)cc(OCCOCCOCCOC)c1OCCOCCOCCOC. The second-order valence-corrected chi connectivity index (χ2v) is 10.3. The number of rotatable bonds is 32. The summed E-state index contributed by atoms with van der Waals surface area (Å²) in [4.78, 5) is 25.8. The van der Waals surface area contributed by atoms with E-state index in [4.69, 9.17) is 56.8 Å². The van der Waals surface area contributed by atoms with Crippen molar-refractivity contribution in [2.45, 2.75) is 0 Å². The topological polar surface area (TPSA) is 169 Å². The molecule has 0 saturated heterocycles. The van der Waals surface area contributed by atoms with Crippen LogP contribution in [0.25, 0.3) is 0 Å². The first-order valence-corrected chi connectivity index (χ1v) is 16.8. The second kappa shape index (κ2) is 30.1. The fourth-order valence-corrected chi connectivity index (χ4v) is 3.93. The van der Waals surface area contributed by atoms with Crippen LogP contribution in [0.2, 0.25) is 0 Å². The van der Waals surface area contributed by atoms with Crippen LogP contribution in [0.4, 0.5) is 0 Å². The first-order chi connectivity index (χ1) is 25.1. The van der Waals surface area contributed by atoms with Crippen molar-refractivity contribution in [3.8, 4) is 17.2 Å². The van der Waals surface area contributed by atoms with E-state index >= 15 is 0 Å². The smallest absolute Gasteiger partial charge is 0.269 e. The number of methoxy groups -OCH3 is 3. The van der Waals surface area contributed by atoms with Gasteiger partial charge in [0.1, 0.15) is 19.8 Å². The molecule has 2 aromatic rings. The van der Waals surface area contributed by atoms with E-state index in [0.29, 0.717) is 84.8 Å². The molecule has 0 fully saturated rings. The summed E-state index contributed by atoms with van der Waals surface area (Å²) in [5, 5.41) is 0. The third-order valence-corrected chi connectivity index (χ3v) is 6.46. The summed E-state index contributed by atoms with van der Waals surface area (Å²) in [5.74, 6) is -0.380. The standard InChI is InChI=1S/C35H54N2O14/c1-40-9-12-43-15-18-46-21-24-49-31-27-30(35(39)37-36-34(38)29-7-5-4-6-8-29)28-32(50-25-22-47-19-16-44-13-10-41-2)33(31)51-26-23-48-20-17-45-14-11-42-3/h4-8,27-28H,9-26H2,1-3H3,(H,36,38)(H,37,39). The van der Waals surface area contributed by atoms with Crippen LogP contribution in [0, 0.1) is 0 Å². The van der Waals surface area contributed by atoms with Gasteiger partial charge in [0.25, 0.3) is 11.8 Å². The maximum absolute atomic E-state index is 13.3. The Morgan fingerprint density at radius 2 is 0.765 bits per heavy atom. The van der Waals surface area contributed by atoms with Crippen LogP contribution in [-0.2, 0) is 42.6 Å². The molecule has 0 heterocycles. The van der Waals surface area contributed by atoms with Gasteiger partial charge in [-0.1, -0.05) is 18.2 Å². The summed E-state index contributed by atoms with van der Waals surface area (Å²) in [6.45, 7) is 6.34. The molecule has 0 aliphatic carbocycles. The molecule has 0 aliphatic rings. The fraction of sp³-hybridized carbons (Fsp3) is 0.600. The fourth-order valence-electron chi connectivity index (χ4n) is 3.93. The highest BCUT2D eigenvalue weighted by Crippen LogP contribution is 2.39. The first kappa shape index (κ1) is 43.6. The van der Waals surface area contributed by atoms with Crippen LogP contribution in [0.5, 0.6) is 17.2 Å². The zero-order valence-corrected chi connectivity index (χ0v) is 30.0. The lowest BCUT2D eigenvalue weighted by Gasteiger charge is -2.19. The molecule has 0 radical (unpaired) electrons. The van der Waals surface area contributed by atoms with E-state index in [1.807, 2.05) is 0 Å².